The molecule has 8 heteroatoms. The molecule has 0 aliphatic rings. The highest BCUT2D eigenvalue weighted by Crippen LogP contribution is 2.45. The van der Waals surface area contributed by atoms with Crippen molar-refractivity contribution in [3.63, 3.8) is 0 Å². The Morgan fingerprint density at radius 3 is 2.50 bits per heavy atom. The van der Waals surface area contributed by atoms with Crippen LogP contribution in [-0.4, -0.2) is 25.1 Å². The van der Waals surface area contributed by atoms with Crippen LogP contribution in [0.1, 0.15) is 21.5 Å². The number of phenols is 1. The maximum atomic E-state index is 12.8. The van der Waals surface area contributed by atoms with Gasteiger partial charge in [0.1, 0.15) is 11.3 Å². The van der Waals surface area contributed by atoms with Crippen molar-refractivity contribution in [3.05, 3.63) is 59.4 Å². The molecule has 0 saturated carbocycles. The number of benzene rings is 2. The molecule has 0 aliphatic carbocycles. The van der Waals surface area contributed by atoms with E-state index in [1.807, 2.05) is 0 Å². The molecule has 0 aliphatic heterocycles. The highest BCUT2D eigenvalue weighted by atomic mass is 19.4. The fourth-order valence-corrected chi connectivity index (χ4v) is 2.83. The standard InChI is InChI=1S/C20H15F3O5/c1-26-17-13-8-9-28-18(13)19(27-2)16(25)15(17)14(24)7-6-11-4-3-5-12(10-11)20(21,22)23/h3-10,25H,1-2H3. The van der Waals surface area contributed by atoms with Gasteiger partial charge in [-0.25, -0.2) is 0 Å². The molecule has 0 amide bonds. The molecule has 1 heterocycles. The average molecular weight is 392 g/mol. The minimum absolute atomic E-state index is 0.0448. The zero-order valence-electron chi connectivity index (χ0n) is 14.8. The van der Waals surface area contributed by atoms with Gasteiger partial charge in [0.15, 0.2) is 17.1 Å². The first-order valence-electron chi connectivity index (χ1n) is 8.01. The Balaban J connectivity index is 2.05. The molecule has 0 fully saturated rings. The van der Waals surface area contributed by atoms with Crippen LogP contribution in [0.25, 0.3) is 17.0 Å². The van der Waals surface area contributed by atoms with E-state index in [0.29, 0.717) is 5.39 Å². The van der Waals surface area contributed by atoms with Crippen molar-refractivity contribution in [1.29, 1.82) is 0 Å². The van der Waals surface area contributed by atoms with Gasteiger partial charge in [-0.15, -0.1) is 0 Å². The fourth-order valence-electron chi connectivity index (χ4n) is 2.83. The molecular formula is C20H15F3O5. The van der Waals surface area contributed by atoms with E-state index in [1.165, 1.54) is 38.7 Å². The summed E-state index contributed by atoms with van der Waals surface area (Å²) >= 11 is 0. The normalized spacial score (nSPS) is 11.9. The van der Waals surface area contributed by atoms with Crippen LogP contribution in [0.5, 0.6) is 17.2 Å². The number of ketones is 1. The highest BCUT2D eigenvalue weighted by molar-refractivity contribution is 6.15. The molecule has 2 aromatic carbocycles. The predicted octanol–water partition coefficient (Wildman–Crippen LogP) is 5.07. The number of hydrogen-bond acceptors (Lipinski definition) is 5. The first kappa shape index (κ1) is 19.3. The van der Waals surface area contributed by atoms with Crippen molar-refractivity contribution in [2.45, 2.75) is 6.18 Å². The summed E-state index contributed by atoms with van der Waals surface area (Å²) < 4.78 is 54.1. The van der Waals surface area contributed by atoms with E-state index in [-0.39, 0.29) is 28.2 Å². The Labute approximate surface area is 157 Å². The number of fused-ring (bicyclic) bond motifs is 1. The number of alkyl halides is 3. The molecule has 0 atom stereocenters. The Bertz CT molecular complexity index is 1060. The molecule has 1 aromatic heterocycles. The number of methoxy groups -OCH3 is 2. The molecular weight excluding hydrogens is 377 g/mol. The summed E-state index contributed by atoms with van der Waals surface area (Å²) in [6, 6.07) is 6.07. The third-order valence-electron chi connectivity index (χ3n) is 4.09. The van der Waals surface area contributed by atoms with E-state index in [1.54, 1.807) is 6.07 Å². The van der Waals surface area contributed by atoms with Crippen LogP contribution in [0.15, 0.2) is 47.1 Å². The van der Waals surface area contributed by atoms with Crippen LogP contribution < -0.4 is 9.47 Å². The van der Waals surface area contributed by atoms with Gasteiger partial charge in [0.2, 0.25) is 5.75 Å². The van der Waals surface area contributed by atoms with Gasteiger partial charge in [0.25, 0.3) is 0 Å². The van der Waals surface area contributed by atoms with Crippen molar-refractivity contribution in [2.75, 3.05) is 14.2 Å². The molecule has 0 radical (unpaired) electrons. The minimum Gasteiger partial charge on any atom is -0.504 e. The monoisotopic (exact) mass is 392 g/mol. The van der Waals surface area contributed by atoms with Crippen molar-refractivity contribution in [1.82, 2.24) is 0 Å². The summed E-state index contributed by atoms with van der Waals surface area (Å²) in [6.07, 6.45) is -0.863. The number of rotatable bonds is 5. The van der Waals surface area contributed by atoms with E-state index < -0.39 is 23.3 Å². The molecule has 3 aromatic rings. The molecule has 5 nitrogen and oxygen atoms in total. The molecule has 146 valence electrons. The lowest BCUT2D eigenvalue weighted by Gasteiger charge is -2.13. The summed E-state index contributed by atoms with van der Waals surface area (Å²) in [6.45, 7) is 0. The zero-order chi connectivity index (χ0) is 20.5. The van der Waals surface area contributed by atoms with E-state index in [2.05, 4.69) is 0 Å². The van der Waals surface area contributed by atoms with Crippen LogP contribution in [0, 0.1) is 0 Å². The number of phenolic OH excluding ortho intramolecular Hbond substituents is 1. The highest BCUT2D eigenvalue weighted by Gasteiger charge is 2.30. The van der Waals surface area contributed by atoms with Gasteiger partial charge in [-0.05, 0) is 29.8 Å². The molecule has 0 spiro atoms. The summed E-state index contributed by atoms with van der Waals surface area (Å²) in [4.78, 5) is 12.7. The van der Waals surface area contributed by atoms with E-state index >= 15 is 0 Å². The number of furan rings is 1. The largest absolute Gasteiger partial charge is 0.504 e. The SMILES string of the molecule is COc1c(C(=O)C=Cc2cccc(C(F)(F)F)c2)c(O)c(OC)c2occc12. The number of allylic oxidation sites excluding steroid dienone is 1. The maximum absolute atomic E-state index is 12.8. The number of carbonyl (C=O) groups excluding carboxylic acids is 1. The molecule has 0 bridgehead atoms. The van der Waals surface area contributed by atoms with Crippen LogP contribution in [0.3, 0.4) is 0 Å². The van der Waals surface area contributed by atoms with E-state index in [9.17, 15) is 23.1 Å². The first-order chi connectivity index (χ1) is 13.3. The van der Waals surface area contributed by atoms with Gasteiger partial charge >= 0.3 is 6.18 Å². The van der Waals surface area contributed by atoms with Crippen molar-refractivity contribution in [3.8, 4) is 17.2 Å². The summed E-state index contributed by atoms with van der Waals surface area (Å²) in [5, 5.41) is 10.9. The van der Waals surface area contributed by atoms with Crippen LogP contribution in [0.2, 0.25) is 0 Å². The number of ether oxygens (including phenoxy) is 2. The average Bonchev–Trinajstić information content (AvgIpc) is 3.14. The third kappa shape index (κ3) is 3.40. The van der Waals surface area contributed by atoms with Gasteiger partial charge in [-0.2, -0.15) is 13.2 Å². The van der Waals surface area contributed by atoms with Crippen molar-refractivity contribution < 1.29 is 37.0 Å². The second-order valence-electron chi connectivity index (χ2n) is 5.77. The molecule has 3 rings (SSSR count). The van der Waals surface area contributed by atoms with Gasteiger partial charge in [0, 0.05) is 0 Å². The van der Waals surface area contributed by atoms with Crippen LogP contribution in [0.4, 0.5) is 13.2 Å². The molecule has 28 heavy (non-hydrogen) atoms. The number of aromatic hydroxyl groups is 1. The number of carbonyl (C=O) groups is 1. The smallest absolute Gasteiger partial charge is 0.416 e. The summed E-state index contributed by atoms with van der Waals surface area (Å²) in [7, 11) is 2.62. The lowest BCUT2D eigenvalue weighted by molar-refractivity contribution is -0.137. The zero-order valence-corrected chi connectivity index (χ0v) is 14.8. The number of halogens is 3. The van der Waals surface area contributed by atoms with Crippen LogP contribution >= 0.6 is 0 Å². The maximum Gasteiger partial charge on any atom is 0.416 e. The van der Waals surface area contributed by atoms with Gasteiger partial charge in [-0.3, -0.25) is 4.79 Å². The fraction of sp³-hybridized carbons (Fsp3) is 0.150. The third-order valence-corrected chi connectivity index (χ3v) is 4.09. The Hall–Kier alpha value is -3.42. The lowest BCUT2D eigenvalue weighted by atomic mass is 10.0. The lowest BCUT2D eigenvalue weighted by Crippen LogP contribution is -2.04. The Morgan fingerprint density at radius 2 is 1.86 bits per heavy atom. The molecule has 0 unspecified atom stereocenters. The predicted molar refractivity (Wildman–Crippen MR) is 95.8 cm³/mol. The number of hydrogen-bond donors (Lipinski definition) is 1. The van der Waals surface area contributed by atoms with Crippen LogP contribution in [-0.2, 0) is 6.18 Å². The Morgan fingerprint density at radius 1 is 1.14 bits per heavy atom. The first-order valence-corrected chi connectivity index (χ1v) is 8.01. The summed E-state index contributed by atoms with van der Waals surface area (Å²) in [5.74, 6) is -1.13. The Kier molecular flexibility index (Phi) is 5.04. The van der Waals surface area contributed by atoms with Gasteiger partial charge in [-0.1, -0.05) is 18.2 Å². The quantitative estimate of drug-likeness (QED) is 0.485. The van der Waals surface area contributed by atoms with E-state index in [4.69, 9.17) is 13.9 Å². The van der Waals surface area contributed by atoms with Gasteiger partial charge in [0.05, 0.1) is 31.4 Å². The van der Waals surface area contributed by atoms with Crippen molar-refractivity contribution in [2.24, 2.45) is 0 Å². The summed E-state index contributed by atoms with van der Waals surface area (Å²) in [5.41, 5.74) is -0.631. The van der Waals surface area contributed by atoms with E-state index in [0.717, 1.165) is 18.2 Å². The van der Waals surface area contributed by atoms with Gasteiger partial charge < -0.3 is 19.0 Å². The topological polar surface area (TPSA) is 68.9 Å². The molecule has 0 saturated heterocycles. The minimum atomic E-state index is -4.49. The second kappa shape index (κ2) is 7.30. The van der Waals surface area contributed by atoms with Crippen molar-refractivity contribution >= 4 is 22.8 Å². The second-order valence-corrected chi connectivity index (χ2v) is 5.77. The molecule has 1 N–H and O–H groups in total.